The molecule has 0 aliphatic heterocycles. The summed E-state index contributed by atoms with van der Waals surface area (Å²) in [5.41, 5.74) is 2.65. The maximum Gasteiger partial charge on any atom is 0.236 e. The molecule has 0 saturated carbocycles. The molecule has 0 saturated heterocycles. The molecule has 4 aromatic rings. The van der Waals surface area contributed by atoms with Crippen LogP contribution in [-0.2, 0) is 11.3 Å². The Morgan fingerprint density at radius 3 is 2.79 bits per heavy atom. The Morgan fingerprint density at radius 1 is 1.21 bits per heavy atom. The molecule has 0 bridgehead atoms. The zero-order valence-corrected chi connectivity index (χ0v) is 17.3. The molecule has 3 aromatic heterocycles. The zero-order chi connectivity index (χ0) is 19.7. The number of carbonyl (C=O) groups excluding carboxylic acids is 1. The number of nitrogens with zero attached hydrogens (tertiary/aromatic N) is 6. The molecule has 28 heavy (non-hydrogen) atoms. The summed E-state index contributed by atoms with van der Waals surface area (Å²) in [6.45, 7) is 6.93. The summed E-state index contributed by atoms with van der Waals surface area (Å²) in [5, 5.41) is 22.3. The molecule has 0 radical (unpaired) electrons. The van der Waals surface area contributed by atoms with Gasteiger partial charge >= 0.3 is 0 Å². The predicted octanol–water partition coefficient (Wildman–Crippen LogP) is 3.71. The van der Waals surface area contributed by atoms with E-state index < -0.39 is 0 Å². The molecule has 144 valence electrons. The summed E-state index contributed by atoms with van der Waals surface area (Å²) in [6.07, 6.45) is 0. The van der Waals surface area contributed by atoms with Crippen molar-refractivity contribution in [2.45, 2.75) is 38.4 Å². The third-order valence-corrected chi connectivity index (χ3v) is 6.16. The van der Waals surface area contributed by atoms with Gasteiger partial charge in [0.05, 0.1) is 11.3 Å². The molecule has 0 atom stereocenters. The molecular formula is C18H19N7OS2. The normalized spacial score (nSPS) is 11.6. The van der Waals surface area contributed by atoms with Crippen molar-refractivity contribution < 1.29 is 4.79 Å². The van der Waals surface area contributed by atoms with Crippen LogP contribution in [0.2, 0.25) is 0 Å². The lowest BCUT2D eigenvalue weighted by molar-refractivity contribution is -0.113. The smallest absolute Gasteiger partial charge is 0.236 e. The van der Waals surface area contributed by atoms with Gasteiger partial charge in [0.1, 0.15) is 10.5 Å². The van der Waals surface area contributed by atoms with Crippen molar-refractivity contribution in [2.24, 2.45) is 0 Å². The summed E-state index contributed by atoms with van der Waals surface area (Å²) in [4.78, 5) is 16.9. The van der Waals surface area contributed by atoms with Crippen LogP contribution in [0.4, 0.5) is 5.13 Å². The Labute approximate surface area is 169 Å². The van der Waals surface area contributed by atoms with E-state index in [0.717, 1.165) is 33.6 Å². The quantitative estimate of drug-likeness (QED) is 0.481. The van der Waals surface area contributed by atoms with Crippen molar-refractivity contribution in [3.05, 3.63) is 29.3 Å². The number of hydrogen-bond acceptors (Lipinski definition) is 8. The van der Waals surface area contributed by atoms with Crippen LogP contribution in [0.15, 0.2) is 29.4 Å². The van der Waals surface area contributed by atoms with E-state index in [2.05, 4.69) is 48.3 Å². The van der Waals surface area contributed by atoms with Gasteiger partial charge in [0.25, 0.3) is 0 Å². The maximum atomic E-state index is 12.2. The largest absolute Gasteiger partial charge is 0.324 e. The van der Waals surface area contributed by atoms with Crippen molar-refractivity contribution >= 4 is 56.2 Å². The minimum absolute atomic E-state index is 0.170. The number of fused-ring (bicyclic) bond motifs is 3. The number of thioether (sulfide) groups is 1. The van der Waals surface area contributed by atoms with E-state index in [-0.39, 0.29) is 17.6 Å². The van der Waals surface area contributed by atoms with Crippen LogP contribution in [-0.4, -0.2) is 41.6 Å². The first-order valence-corrected chi connectivity index (χ1v) is 10.7. The number of nitrogens with one attached hydrogen (secondary N) is 1. The van der Waals surface area contributed by atoms with E-state index in [0.29, 0.717) is 10.3 Å². The van der Waals surface area contributed by atoms with E-state index in [9.17, 15) is 4.79 Å². The van der Waals surface area contributed by atoms with Gasteiger partial charge in [-0.25, -0.2) is 4.98 Å². The van der Waals surface area contributed by atoms with Gasteiger partial charge in [0, 0.05) is 17.8 Å². The van der Waals surface area contributed by atoms with Gasteiger partial charge < -0.3 is 4.57 Å². The average molecular weight is 414 g/mol. The molecular weight excluding hydrogens is 394 g/mol. The Hall–Kier alpha value is -2.59. The fraction of sp³-hybridized carbons (Fsp3) is 0.333. The standard InChI is InChI=1S/C18H19N7OS2/c1-4-25-12-8-6-5-7-11(12)14-15(25)20-17(23-21-14)27-9-13(26)19-18-24-22-16(28-18)10(2)3/h5-8,10H,4,9H2,1-3H3,(H,19,24,26). The van der Waals surface area contributed by atoms with Gasteiger partial charge in [-0.1, -0.05) is 55.1 Å². The monoisotopic (exact) mass is 413 g/mol. The third kappa shape index (κ3) is 3.57. The van der Waals surface area contributed by atoms with E-state index in [1.807, 2.05) is 32.0 Å². The van der Waals surface area contributed by atoms with E-state index in [1.165, 1.54) is 23.1 Å². The molecule has 1 aromatic carbocycles. The van der Waals surface area contributed by atoms with Gasteiger partial charge in [0.15, 0.2) is 5.65 Å². The average Bonchev–Trinajstić information content (AvgIpc) is 3.28. The van der Waals surface area contributed by atoms with Crippen LogP contribution in [0.5, 0.6) is 0 Å². The van der Waals surface area contributed by atoms with Crippen LogP contribution >= 0.6 is 23.1 Å². The van der Waals surface area contributed by atoms with Crippen LogP contribution in [0.3, 0.4) is 0 Å². The van der Waals surface area contributed by atoms with Crippen LogP contribution < -0.4 is 5.32 Å². The highest BCUT2D eigenvalue weighted by Gasteiger charge is 2.15. The number of aromatic nitrogens is 6. The molecule has 8 nitrogen and oxygen atoms in total. The second-order valence-electron chi connectivity index (χ2n) is 6.47. The number of hydrogen-bond donors (Lipinski definition) is 1. The molecule has 0 aliphatic rings. The first kappa shape index (κ1) is 18.8. The fourth-order valence-electron chi connectivity index (χ4n) is 2.87. The Kier molecular flexibility index (Phi) is 5.23. The topological polar surface area (TPSA) is 98.5 Å². The molecule has 1 amide bonds. The third-order valence-electron chi connectivity index (χ3n) is 4.18. The number of benzene rings is 1. The number of amides is 1. The molecule has 4 rings (SSSR count). The van der Waals surface area contributed by atoms with Crippen LogP contribution in [0.1, 0.15) is 31.7 Å². The highest BCUT2D eigenvalue weighted by Crippen LogP contribution is 2.27. The molecule has 0 fully saturated rings. The Balaban J connectivity index is 1.50. The number of aryl methyl sites for hydroxylation is 1. The van der Waals surface area contributed by atoms with E-state index in [4.69, 9.17) is 0 Å². The predicted molar refractivity (Wildman–Crippen MR) is 112 cm³/mol. The molecule has 1 N–H and O–H groups in total. The summed E-state index contributed by atoms with van der Waals surface area (Å²) in [7, 11) is 0. The zero-order valence-electron chi connectivity index (χ0n) is 15.7. The van der Waals surface area contributed by atoms with Crippen molar-refractivity contribution in [3.63, 3.8) is 0 Å². The van der Waals surface area contributed by atoms with Crippen molar-refractivity contribution in [1.29, 1.82) is 0 Å². The van der Waals surface area contributed by atoms with E-state index >= 15 is 0 Å². The first-order valence-electron chi connectivity index (χ1n) is 8.94. The Bertz CT molecular complexity index is 1150. The number of rotatable bonds is 6. The lowest BCUT2D eigenvalue weighted by atomic mass is 10.2. The SMILES string of the molecule is CCn1c2ccccc2c2nnc(SCC(=O)Nc3nnc(C(C)C)s3)nc21. The number of para-hydroxylation sites is 1. The van der Waals surface area contributed by atoms with Crippen LogP contribution in [0, 0.1) is 0 Å². The van der Waals surface area contributed by atoms with Gasteiger partial charge in [-0.2, -0.15) is 0 Å². The molecule has 3 heterocycles. The van der Waals surface area contributed by atoms with Gasteiger partial charge in [0.2, 0.25) is 16.2 Å². The molecule has 0 unspecified atom stereocenters. The lowest BCUT2D eigenvalue weighted by Crippen LogP contribution is -2.14. The lowest BCUT2D eigenvalue weighted by Gasteiger charge is -2.03. The summed E-state index contributed by atoms with van der Waals surface area (Å²) in [5.74, 6) is 0.293. The van der Waals surface area contributed by atoms with Gasteiger partial charge in [-0.3, -0.25) is 10.1 Å². The second kappa shape index (κ2) is 7.80. The molecule has 10 heteroatoms. The maximum absolute atomic E-state index is 12.2. The van der Waals surface area contributed by atoms with Gasteiger partial charge in [-0.05, 0) is 13.0 Å². The van der Waals surface area contributed by atoms with E-state index in [1.54, 1.807) is 0 Å². The highest BCUT2D eigenvalue weighted by molar-refractivity contribution is 7.99. The molecule has 0 spiro atoms. The van der Waals surface area contributed by atoms with Crippen molar-refractivity contribution in [1.82, 2.24) is 29.9 Å². The van der Waals surface area contributed by atoms with Gasteiger partial charge in [-0.15, -0.1) is 20.4 Å². The Morgan fingerprint density at radius 2 is 2.04 bits per heavy atom. The second-order valence-corrected chi connectivity index (χ2v) is 8.42. The fourth-order valence-corrected chi connectivity index (χ4v) is 4.22. The highest BCUT2D eigenvalue weighted by atomic mass is 32.2. The van der Waals surface area contributed by atoms with Crippen LogP contribution in [0.25, 0.3) is 22.1 Å². The van der Waals surface area contributed by atoms with Crippen molar-refractivity contribution in [3.8, 4) is 0 Å². The summed E-state index contributed by atoms with van der Waals surface area (Å²) in [6, 6.07) is 8.05. The van der Waals surface area contributed by atoms with Crippen molar-refractivity contribution in [2.75, 3.05) is 11.1 Å². The first-order chi connectivity index (χ1) is 13.6. The number of carbonyl (C=O) groups is 1. The summed E-state index contributed by atoms with van der Waals surface area (Å²) < 4.78 is 2.11. The minimum atomic E-state index is -0.170. The minimum Gasteiger partial charge on any atom is -0.324 e. The molecule has 0 aliphatic carbocycles. The summed E-state index contributed by atoms with van der Waals surface area (Å²) >= 11 is 2.64. The number of anilines is 1.